The van der Waals surface area contributed by atoms with E-state index < -0.39 is 5.97 Å². The largest absolute Gasteiger partial charge is 0.481 e. The van der Waals surface area contributed by atoms with Crippen molar-refractivity contribution in [3.05, 3.63) is 0 Å². The number of carboxylic acids is 1. The van der Waals surface area contributed by atoms with Gasteiger partial charge in [0.25, 0.3) is 0 Å². The predicted molar refractivity (Wildman–Crippen MR) is 69.5 cm³/mol. The van der Waals surface area contributed by atoms with Crippen LogP contribution < -0.4 is 5.32 Å². The molecule has 0 aromatic carbocycles. The maximum absolute atomic E-state index is 11.8. The number of carboxylic acid groups (broad SMARTS) is 1. The van der Waals surface area contributed by atoms with Crippen LogP contribution >= 0.6 is 0 Å². The van der Waals surface area contributed by atoms with Gasteiger partial charge in [0.2, 0.25) is 0 Å². The molecule has 1 aliphatic rings. The third kappa shape index (κ3) is 4.55. The van der Waals surface area contributed by atoms with Crippen molar-refractivity contribution in [2.24, 2.45) is 5.92 Å². The van der Waals surface area contributed by atoms with Gasteiger partial charge >= 0.3 is 12.0 Å². The van der Waals surface area contributed by atoms with Crippen molar-refractivity contribution >= 4 is 12.0 Å². The Labute approximate surface area is 109 Å². The van der Waals surface area contributed by atoms with Gasteiger partial charge in [0.05, 0.1) is 6.42 Å². The molecule has 1 rings (SSSR count). The second kappa shape index (κ2) is 7.24. The first-order valence-electron chi connectivity index (χ1n) is 6.77. The highest BCUT2D eigenvalue weighted by molar-refractivity contribution is 5.75. The Morgan fingerprint density at radius 3 is 2.39 bits per heavy atom. The summed E-state index contributed by atoms with van der Waals surface area (Å²) < 4.78 is 0. The van der Waals surface area contributed by atoms with Crippen LogP contribution in [0.25, 0.3) is 0 Å². The van der Waals surface area contributed by atoms with Crippen molar-refractivity contribution < 1.29 is 14.7 Å². The molecule has 1 fully saturated rings. The first kappa shape index (κ1) is 14.8. The summed E-state index contributed by atoms with van der Waals surface area (Å²) >= 11 is 0. The molecule has 0 radical (unpaired) electrons. The third-order valence-corrected chi connectivity index (χ3v) is 3.88. The number of carbonyl (C=O) groups is 2. The van der Waals surface area contributed by atoms with E-state index >= 15 is 0 Å². The van der Waals surface area contributed by atoms with Crippen LogP contribution in [0.4, 0.5) is 4.79 Å². The van der Waals surface area contributed by atoms with E-state index in [0.717, 1.165) is 18.8 Å². The molecule has 2 amide bonds. The first-order valence-corrected chi connectivity index (χ1v) is 6.77. The summed E-state index contributed by atoms with van der Waals surface area (Å²) in [5.74, 6) is -0.0777. The fourth-order valence-electron chi connectivity index (χ4n) is 2.51. The molecule has 0 atom stereocenters. The lowest BCUT2D eigenvalue weighted by Gasteiger charge is -2.34. The highest BCUT2D eigenvalue weighted by Crippen LogP contribution is 2.28. The molecule has 0 spiro atoms. The van der Waals surface area contributed by atoms with Gasteiger partial charge in [0, 0.05) is 19.6 Å². The summed E-state index contributed by atoms with van der Waals surface area (Å²) in [5.41, 5.74) is 0. The zero-order chi connectivity index (χ0) is 13.5. The Kier molecular flexibility index (Phi) is 5.95. The van der Waals surface area contributed by atoms with Crippen LogP contribution in [0.2, 0.25) is 0 Å². The molecule has 0 saturated heterocycles. The van der Waals surface area contributed by atoms with E-state index in [9.17, 15) is 9.59 Å². The summed E-state index contributed by atoms with van der Waals surface area (Å²) in [5, 5.41) is 11.1. The summed E-state index contributed by atoms with van der Waals surface area (Å²) in [6.45, 7) is 2.41. The number of urea groups is 1. The zero-order valence-electron chi connectivity index (χ0n) is 11.3. The predicted octanol–water partition coefficient (Wildman–Crippen LogP) is 2.07. The molecule has 0 aliphatic heterocycles. The molecule has 0 bridgehead atoms. The molecule has 5 heteroatoms. The Morgan fingerprint density at radius 1 is 1.28 bits per heavy atom. The van der Waals surface area contributed by atoms with Crippen LogP contribution in [0, 0.1) is 5.92 Å². The SMILES string of the molecule is CCC1CCC(N(C)C(=O)NCCC(=O)O)CC1. The monoisotopic (exact) mass is 256 g/mol. The number of hydrogen-bond donors (Lipinski definition) is 2. The number of nitrogens with one attached hydrogen (secondary N) is 1. The number of aliphatic carboxylic acids is 1. The molecule has 5 nitrogen and oxygen atoms in total. The minimum Gasteiger partial charge on any atom is -0.481 e. The van der Waals surface area contributed by atoms with Gasteiger partial charge in [-0.15, -0.1) is 0 Å². The van der Waals surface area contributed by atoms with Gasteiger partial charge < -0.3 is 15.3 Å². The highest BCUT2D eigenvalue weighted by atomic mass is 16.4. The van der Waals surface area contributed by atoms with E-state index in [0.29, 0.717) is 6.04 Å². The van der Waals surface area contributed by atoms with E-state index in [1.165, 1.54) is 19.3 Å². The van der Waals surface area contributed by atoms with E-state index in [1.807, 2.05) is 0 Å². The quantitative estimate of drug-likeness (QED) is 0.791. The molecule has 0 aromatic heterocycles. The first-order chi connectivity index (χ1) is 8.54. The van der Waals surface area contributed by atoms with Crippen molar-refractivity contribution in [1.29, 1.82) is 0 Å². The second-order valence-electron chi connectivity index (χ2n) is 5.07. The van der Waals surface area contributed by atoms with E-state index in [-0.39, 0.29) is 19.0 Å². The molecule has 1 saturated carbocycles. The van der Waals surface area contributed by atoms with E-state index in [1.54, 1.807) is 11.9 Å². The Balaban J connectivity index is 2.28. The van der Waals surface area contributed by atoms with Gasteiger partial charge in [-0.25, -0.2) is 4.79 Å². The van der Waals surface area contributed by atoms with Gasteiger partial charge in [0.15, 0.2) is 0 Å². The third-order valence-electron chi connectivity index (χ3n) is 3.88. The summed E-state index contributed by atoms with van der Waals surface area (Å²) in [6.07, 6.45) is 5.69. The summed E-state index contributed by atoms with van der Waals surface area (Å²) in [6, 6.07) is 0.147. The molecular weight excluding hydrogens is 232 g/mol. The Hall–Kier alpha value is -1.26. The molecular formula is C13H24N2O3. The van der Waals surface area contributed by atoms with Crippen LogP contribution in [0.5, 0.6) is 0 Å². The average Bonchev–Trinajstić information content (AvgIpc) is 2.37. The summed E-state index contributed by atoms with van der Waals surface area (Å²) in [7, 11) is 1.80. The highest BCUT2D eigenvalue weighted by Gasteiger charge is 2.25. The number of hydrogen-bond acceptors (Lipinski definition) is 2. The van der Waals surface area contributed by atoms with Crippen LogP contribution in [0.3, 0.4) is 0 Å². The lowest BCUT2D eigenvalue weighted by molar-refractivity contribution is -0.136. The van der Waals surface area contributed by atoms with E-state index in [4.69, 9.17) is 5.11 Å². The lowest BCUT2D eigenvalue weighted by atomic mass is 9.84. The fourth-order valence-corrected chi connectivity index (χ4v) is 2.51. The Bertz CT molecular complexity index is 286. The summed E-state index contributed by atoms with van der Waals surface area (Å²) in [4.78, 5) is 23.9. The van der Waals surface area contributed by atoms with Crippen molar-refractivity contribution in [3.8, 4) is 0 Å². The second-order valence-corrected chi connectivity index (χ2v) is 5.07. The minimum atomic E-state index is -0.888. The number of carbonyl (C=O) groups excluding carboxylic acids is 1. The molecule has 2 N–H and O–H groups in total. The van der Waals surface area contributed by atoms with Crippen molar-refractivity contribution in [3.63, 3.8) is 0 Å². The maximum Gasteiger partial charge on any atom is 0.317 e. The molecule has 104 valence electrons. The van der Waals surface area contributed by atoms with Gasteiger partial charge in [-0.2, -0.15) is 0 Å². The standard InChI is InChI=1S/C13H24N2O3/c1-3-10-4-6-11(7-5-10)15(2)13(18)14-9-8-12(16)17/h10-11H,3-9H2,1-2H3,(H,14,18)(H,16,17). The van der Waals surface area contributed by atoms with Crippen LogP contribution in [-0.2, 0) is 4.79 Å². The van der Waals surface area contributed by atoms with Crippen molar-refractivity contribution in [2.75, 3.05) is 13.6 Å². The van der Waals surface area contributed by atoms with Gasteiger partial charge in [-0.05, 0) is 31.6 Å². The molecule has 18 heavy (non-hydrogen) atoms. The topological polar surface area (TPSA) is 69.6 Å². The fraction of sp³-hybridized carbons (Fsp3) is 0.846. The zero-order valence-corrected chi connectivity index (χ0v) is 11.3. The van der Waals surface area contributed by atoms with Crippen molar-refractivity contribution in [2.45, 2.75) is 51.5 Å². The van der Waals surface area contributed by atoms with Gasteiger partial charge in [-0.3, -0.25) is 4.79 Å². The maximum atomic E-state index is 11.8. The average molecular weight is 256 g/mol. The lowest BCUT2D eigenvalue weighted by Crippen LogP contribution is -2.45. The molecule has 0 heterocycles. The molecule has 1 aliphatic carbocycles. The number of rotatable bonds is 5. The normalized spacial score (nSPS) is 23.4. The van der Waals surface area contributed by atoms with Crippen molar-refractivity contribution in [1.82, 2.24) is 10.2 Å². The van der Waals surface area contributed by atoms with Gasteiger partial charge in [0.1, 0.15) is 0 Å². The van der Waals surface area contributed by atoms with Crippen LogP contribution in [0.15, 0.2) is 0 Å². The van der Waals surface area contributed by atoms with Gasteiger partial charge in [-0.1, -0.05) is 13.3 Å². The molecule has 0 aromatic rings. The smallest absolute Gasteiger partial charge is 0.317 e. The molecule has 0 unspecified atom stereocenters. The van der Waals surface area contributed by atoms with Crippen LogP contribution in [-0.4, -0.2) is 41.6 Å². The van der Waals surface area contributed by atoms with E-state index in [2.05, 4.69) is 12.2 Å². The Morgan fingerprint density at radius 2 is 1.89 bits per heavy atom. The van der Waals surface area contributed by atoms with Crippen LogP contribution in [0.1, 0.15) is 45.4 Å². The number of nitrogens with zero attached hydrogens (tertiary/aromatic N) is 1. The number of amides is 2. The minimum absolute atomic E-state index is 0.0256.